The summed E-state index contributed by atoms with van der Waals surface area (Å²) in [6, 6.07) is 9.61. The van der Waals surface area contributed by atoms with E-state index < -0.39 is 5.97 Å². The lowest BCUT2D eigenvalue weighted by Gasteiger charge is -2.39. The lowest BCUT2D eigenvalue weighted by Crippen LogP contribution is -2.42. The fourth-order valence-electron chi connectivity index (χ4n) is 3.25. The fraction of sp³-hybridized carbons (Fsp3) is 0.444. The predicted molar refractivity (Wildman–Crippen MR) is 92.8 cm³/mol. The molecule has 3 rings (SSSR count). The SMILES string of the molecule is CC1CCCC(C)N1Cc1ccc(-c2nc(C(=O)O)cs2)cc1. The van der Waals surface area contributed by atoms with Crippen LogP contribution in [0.15, 0.2) is 29.6 Å². The molecule has 2 heterocycles. The van der Waals surface area contributed by atoms with Gasteiger partial charge in [0.1, 0.15) is 5.01 Å². The van der Waals surface area contributed by atoms with E-state index >= 15 is 0 Å². The molecule has 122 valence electrons. The molecule has 1 saturated heterocycles. The average molecular weight is 330 g/mol. The summed E-state index contributed by atoms with van der Waals surface area (Å²) in [5.74, 6) is -0.975. The molecule has 0 saturated carbocycles. The molecule has 1 aromatic heterocycles. The van der Waals surface area contributed by atoms with E-state index in [-0.39, 0.29) is 5.69 Å². The number of piperidine rings is 1. The number of aromatic carboxylic acids is 1. The summed E-state index contributed by atoms with van der Waals surface area (Å²) in [5.41, 5.74) is 2.39. The minimum atomic E-state index is -0.975. The summed E-state index contributed by atoms with van der Waals surface area (Å²) >= 11 is 1.37. The number of hydrogen-bond acceptors (Lipinski definition) is 4. The summed E-state index contributed by atoms with van der Waals surface area (Å²) in [5, 5.41) is 11.3. The van der Waals surface area contributed by atoms with Crippen LogP contribution in [0.2, 0.25) is 0 Å². The molecule has 23 heavy (non-hydrogen) atoms. The highest BCUT2D eigenvalue weighted by Crippen LogP contribution is 2.27. The van der Waals surface area contributed by atoms with Crippen LogP contribution in [0, 0.1) is 0 Å². The summed E-state index contributed by atoms with van der Waals surface area (Å²) in [4.78, 5) is 17.7. The van der Waals surface area contributed by atoms with E-state index in [1.54, 1.807) is 5.38 Å². The van der Waals surface area contributed by atoms with Crippen LogP contribution in [0.1, 0.15) is 49.2 Å². The summed E-state index contributed by atoms with van der Waals surface area (Å²) in [7, 11) is 0. The number of hydrogen-bond donors (Lipinski definition) is 1. The molecule has 0 bridgehead atoms. The first kappa shape index (κ1) is 16.1. The molecule has 1 fully saturated rings. The van der Waals surface area contributed by atoms with Crippen molar-refractivity contribution in [2.24, 2.45) is 0 Å². The lowest BCUT2D eigenvalue weighted by atomic mass is 9.96. The summed E-state index contributed by atoms with van der Waals surface area (Å²) in [6.45, 7) is 5.60. The number of nitrogens with zero attached hydrogens (tertiary/aromatic N) is 2. The van der Waals surface area contributed by atoms with Crippen molar-refractivity contribution >= 4 is 17.3 Å². The van der Waals surface area contributed by atoms with Crippen molar-refractivity contribution in [3.63, 3.8) is 0 Å². The van der Waals surface area contributed by atoms with Crippen LogP contribution in [0.4, 0.5) is 0 Å². The van der Waals surface area contributed by atoms with Gasteiger partial charge in [0.05, 0.1) is 0 Å². The number of carbonyl (C=O) groups is 1. The van der Waals surface area contributed by atoms with Gasteiger partial charge in [0, 0.05) is 29.6 Å². The number of aromatic nitrogens is 1. The molecule has 1 aliphatic rings. The van der Waals surface area contributed by atoms with Gasteiger partial charge in [0.15, 0.2) is 5.69 Å². The number of rotatable bonds is 4. The molecule has 0 spiro atoms. The Morgan fingerprint density at radius 1 is 1.26 bits per heavy atom. The zero-order valence-electron chi connectivity index (χ0n) is 13.5. The monoisotopic (exact) mass is 330 g/mol. The lowest BCUT2D eigenvalue weighted by molar-refractivity contribution is 0.0691. The first-order valence-corrected chi connectivity index (χ1v) is 8.96. The molecule has 1 aliphatic heterocycles. The van der Waals surface area contributed by atoms with Gasteiger partial charge in [-0.1, -0.05) is 30.7 Å². The normalized spacial score (nSPS) is 22.2. The van der Waals surface area contributed by atoms with Crippen LogP contribution in [0.3, 0.4) is 0 Å². The van der Waals surface area contributed by atoms with Gasteiger partial charge in [-0.05, 0) is 32.3 Å². The van der Waals surface area contributed by atoms with Gasteiger partial charge < -0.3 is 5.11 Å². The number of thiazole rings is 1. The van der Waals surface area contributed by atoms with Gasteiger partial charge in [-0.2, -0.15) is 0 Å². The van der Waals surface area contributed by atoms with Crippen molar-refractivity contribution in [2.75, 3.05) is 0 Å². The molecule has 0 amide bonds. The van der Waals surface area contributed by atoms with Gasteiger partial charge in [-0.15, -0.1) is 11.3 Å². The number of carboxylic acids is 1. The third-order valence-electron chi connectivity index (χ3n) is 4.67. The maximum atomic E-state index is 10.9. The quantitative estimate of drug-likeness (QED) is 0.909. The van der Waals surface area contributed by atoms with Crippen molar-refractivity contribution in [1.29, 1.82) is 0 Å². The summed E-state index contributed by atoms with van der Waals surface area (Å²) in [6.07, 6.45) is 3.88. The minimum Gasteiger partial charge on any atom is -0.476 e. The third-order valence-corrected chi connectivity index (χ3v) is 5.56. The van der Waals surface area contributed by atoms with Gasteiger partial charge in [0.2, 0.25) is 0 Å². The van der Waals surface area contributed by atoms with E-state index in [1.165, 1.54) is 36.2 Å². The van der Waals surface area contributed by atoms with Gasteiger partial charge in [-0.3, -0.25) is 4.90 Å². The Morgan fingerprint density at radius 2 is 1.91 bits per heavy atom. The second kappa shape index (κ2) is 6.81. The highest BCUT2D eigenvalue weighted by atomic mass is 32.1. The molecule has 2 aromatic rings. The molecule has 4 nitrogen and oxygen atoms in total. The van der Waals surface area contributed by atoms with Crippen molar-refractivity contribution in [1.82, 2.24) is 9.88 Å². The van der Waals surface area contributed by atoms with Gasteiger partial charge >= 0.3 is 5.97 Å². The van der Waals surface area contributed by atoms with Crippen LogP contribution >= 0.6 is 11.3 Å². The molecule has 2 unspecified atom stereocenters. The Bertz CT molecular complexity index is 671. The zero-order valence-corrected chi connectivity index (χ0v) is 14.3. The Hall–Kier alpha value is -1.72. The largest absolute Gasteiger partial charge is 0.476 e. The Kier molecular flexibility index (Phi) is 4.78. The van der Waals surface area contributed by atoms with Gasteiger partial charge in [0.25, 0.3) is 0 Å². The molecule has 1 N–H and O–H groups in total. The van der Waals surface area contributed by atoms with E-state index in [9.17, 15) is 4.79 Å². The number of benzene rings is 1. The molecule has 0 aliphatic carbocycles. The topological polar surface area (TPSA) is 53.4 Å². The summed E-state index contributed by atoms with van der Waals surface area (Å²) < 4.78 is 0. The molecular weight excluding hydrogens is 308 g/mol. The van der Waals surface area contributed by atoms with E-state index in [1.807, 2.05) is 12.1 Å². The highest BCUT2D eigenvalue weighted by Gasteiger charge is 2.24. The van der Waals surface area contributed by atoms with E-state index in [0.29, 0.717) is 12.1 Å². The van der Waals surface area contributed by atoms with Crippen molar-refractivity contribution < 1.29 is 9.90 Å². The van der Waals surface area contributed by atoms with Crippen LogP contribution in [-0.2, 0) is 6.54 Å². The Balaban J connectivity index is 1.72. The zero-order chi connectivity index (χ0) is 16.4. The van der Waals surface area contributed by atoms with Crippen molar-refractivity contribution in [3.8, 4) is 10.6 Å². The third kappa shape index (κ3) is 3.62. The molecule has 0 radical (unpaired) electrons. The van der Waals surface area contributed by atoms with Crippen LogP contribution in [0.5, 0.6) is 0 Å². The molecule has 5 heteroatoms. The second-order valence-corrected chi connectivity index (χ2v) is 7.20. The van der Waals surface area contributed by atoms with E-state index in [0.717, 1.165) is 17.1 Å². The first-order chi connectivity index (χ1) is 11.0. The smallest absolute Gasteiger partial charge is 0.355 e. The predicted octanol–water partition coefficient (Wildman–Crippen LogP) is 4.27. The fourth-order valence-corrected chi connectivity index (χ4v) is 4.05. The molecular formula is C18H22N2O2S. The second-order valence-electron chi connectivity index (χ2n) is 6.34. The van der Waals surface area contributed by atoms with E-state index in [2.05, 4.69) is 35.9 Å². The number of likely N-dealkylation sites (tertiary alicyclic amines) is 1. The van der Waals surface area contributed by atoms with Crippen molar-refractivity contribution in [3.05, 3.63) is 40.9 Å². The Morgan fingerprint density at radius 3 is 2.48 bits per heavy atom. The van der Waals surface area contributed by atoms with Gasteiger partial charge in [-0.25, -0.2) is 9.78 Å². The maximum Gasteiger partial charge on any atom is 0.355 e. The average Bonchev–Trinajstić information content (AvgIpc) is 3.02. The maximum absolute atomic E-state index is 10.9. The number of carboxylic acid groups (broad SMARTS) is 1. The standard InChI is InChI=1S/C18H22N2O2S/c1-12-4-3-5-13(2)20(12)10-14-6-8-15(9-7-14)17-19-16(11-23-17)18(21)22/h6-9,11-13H,3-5,10H2,1-2H3,(H,21,22). The molecule has 1 aromatic carbocycles. The molecule has 2 atom stereocenters. The van der Waals surface area contributed by atoms with Crippen LogP contribution in [0.25, 0.3) is 10.6 Å². The van der Waals surface area contributed by atoms with E-state index in [4.69, 9.17) is 5.11 Å². The van der Waals surface area contributed by atoms with Crippen LogP contribution < -0.4 is 0 Å². The minimum absolute atomic E-state index is 0.116. The first-order valence-electron chi connectivity index (χ1n) is 8.08. The van der Waals surface area contributed by atoms with Crippen molar-refractivity contribution in [2.45, 2.75) is 51.7 Å². The Labute approximate surface area is 140 Å². The highest BCUT2D eigenvalue weighted by molar-refractivity contribution is 7.13. The van der Waals surface area contributed by atoms with Crippen LogP contribution in [-0.4, -0.2) is 33.0 Å².